The Morgan fingerprint density at radius 2 is 1.57 bits per heavy atom. The van der Waals surface area contributed by atoms with Crippen LogP contribution in [0.4, 0.5) is 5.69 Å². The molecule has 0 heterocycles. The van der Waals surface area contributed by atoms with Gasteiger partial charge in [-0.1, -0.05) is 66.0 Å². The molecule has 7 nitrogen and oxygen atoms in total. The molecule has 0 spiro atoms. The Bertz CT molecular complexity index is 1460. The Hall–Kier alpha value is -3.07. The summed E-state index contributed by atoms with van der Waals surface area (Å²) in [6, 6.07) is 17.3. The topological polar surface area (TPSA) is 86.8 Å². The van der Waals surface area contributed by atoms with Gasteiger partial charge in [-0.2, -0.15) is 0 Å². The SMILES string of the molecule is CC[C@H](C)NC(=O)[C@@H](C)N(Cc1cccc(Cl)c1)C(=O)CN(c1cc(Cl)ccc1C)S(=O)(=O)c1ccc(C)cc1. The number of carbonyl (C=O) groups excluding carboxylic acids is 2. The van der Waals surface area contributed by atoms with Crippen molar-refractivity contribution in [2.45, 2.75) is 64.6 Å². The second-order valence-corrected chi connectivity index (χ2v) is 12.6. The minimum absolute atomic E-state index is 0.0363. The molecule has 0 bridgehead atoms. The standard InChI is InChI=1S/C30H35Cl2N3O4S/c1-6-22(4)33-30(37)23(5)34(18-24-8-7-9-25(31)16-24)29(36)19-35(28-17-26(32)13-12-21(28)3)40(38,39)27-14-10-20(2)11-15-27/h7-17,22-23H,6,18-19H2,1-5H3,(H,33,37)/t22-,23+/m0/s1. The molecule has 0 saturated heterocycles. The summed E-state index contributed by atoms with van der Waals surface area (Å²) < 4.78 is 29.0. The molecule has 1 N–H and O–H groups in total. The van der Waals surface area contributed by atoms with E-state index in [-0.39, 0.29) is 29.1 Å². The molecule has 0 aromatic heterocycles. The molecule has 3 aromatic carbocycles. The first kappa shape index (κ1) is 31.5. The molecule has 0 radical (unpaired) electrons. The molecule has 0 aliphatic rings. The number of rotatable bonds is 11. The first-order valence-electron chi connectivity index (χ1n) is 13.0. The zero-order chi connectivity index (χ0) is 29.6. The van der Waals surface area contributed by atoms with E-state index in [1.54, 1.807) is 62.4 Å². The minimum Gasteiger partial charge on any atom is -0.352 e. The molecule has 0 saturated carbocycles. The Morgan fingerprint density at radius 1 is 0.925 bits per heavy atom. The molecule has 3 rings (SSSR count). The van der Waals surface area contributed by atoms with Gasteiger partial charge in [-0.25, -0.2) is 8.42 Å². The lowest BCUT2D eigenvalue weighted by molar-refractivity contribution is -0.139. The van der Waals surface area contributed by atoms with Crippen LogP contribution in [0.3, 0.4) is 0 Å². The van der Waals surface area contributed by atoms with E-state index in [1.165, 1.54) is 23.1 Å². The molecule has 3 aromatic rings. The van der Waals surface area contributed by atoms with Crippen molar-refractivity contribution < 1.29 is 18.0 Å². The third-order valence-electron chi connectivity index (χ3n) is 6.74. The number of amides is 2. The van der Waals surface area contributed by atoms with Crippen molar-refractivity contribution in [2.75, 3.05) is 10.8 Å². The lowest BCUT2D eigenvalue weighted by Gasteiger charge is -2.33. The highest BCUT2D eigenvalue weighted by Gasteiger charge is 2.33. The fraction of sp³-hybridized carbons (Fsp3) is 0.333. The smallest absolute Gasteiger partial charge is 0.264 e. The Balaban J connectivity index is 2.07. The molecule has 0 aliphatic heterocycles. The summed E-state index contributed by atoms with van der Waals surface area (Å²) >= 11 is 12.5. The van der Waals surface area contributed by atoms with E-state index in [0.29, 0.717) is 21.2 Å². The van der Waals surface area contributed by atoms with Gasteiger partial charge in [0.25, 0.3) is 10.0 Å². The predicted molar refractivity (Wildman–Crippen MR) is 161 cm³/mol. The fourth-order valence-electron chi connectivity index (χ4n) is 4.08. The average Bonchev–Trinajstić information content (AvgIpc) is 2.91. The number of halogens is 2. The zero-order valence-corrected chi connectivity index (χ0v) is 25.6. The number of nitrogens with zero attached hydrogens (tertiary/aromatic N) is 2. The maximum Gasteiger partial charge on any atom is 0.264 e. The van der Waals surface area contributed by atoms with Gasteiger partial charge < -0.3 is 10.2 Å². The first-order chi connectivity index (χ1) is 18.8. The van der Waals surface area contributed by atoms with Crippen LogP contribution in [-0.4, -0.2) is 43.8 Å². The highest BCUT2D eigenvalue weighted by Crippen LogP contribution is 2.30. The van der Waals surface area contributed by atoms with Gasteiger partial charge >= 0.3 is 0 Å². The lowest BCUT2D eigenvalue weighted by Crippen LogP contribution is -2.52. The molecule has 10 heteroatoms. The quantitative estimate of drug-likeness (QED) is 0.285. The van der Waals surface area contributed by atoms with Gasteiger partial charge in [-0.3, -0.25) is 13.9 Å². The first-order valence-corrected chi connectivity index (χ1v) is 15.2. The molecule has 40 heavy (non-hydrogen) atoms. The van der Waals surface area contributed by atoms with Gasteiger partial charge in [0.05, 0.1) is 10.6 Å². The minimum atomic E-state index is -4.18. The van der Waals surface area contributed by atoms with Crippen molar-refractivity contribution in [3.8, 4) is 0 Å². The van der Waals surface area contributed by atoms with Crippen LogP contribution in [-0.2, 0) is 26.2 Å². The summed E-state index contributed by atoms with van der Waals surface area (Å²) in [5.41, 5.74) is 2.50. The van der Waals surface area contributed by atoms with Gasteiger partial charge in [-0.05, 0) is 81.6 Å². The van der Waals surface area contributed by atoms with Crippen LogP contribution < -0.4 is 9.62 Å². The summed E-state index contributed by atoms with van der Waals surface area (Å²) in [5, 5.41) is 3.73. The normalized spacial score (nSPS) is 12.9. The van der Waals surface area contributed by atoms with Gasteiger partial charge in [0.1, 0.15) is 12.6 Å². The number of sulfonamides is 1. The van der Waals surface area contributed by atoms with Crippen molar-refractivity contribution in [2.24, 2.45) is 0 Å². The zero-order valence-electron chi connectivity index (χ0n) is 23.3. The van der Waals surface area contributed by atoms with Crippen molar-refractivity contribution >= 4 is 50.7 Å². The second kappa shape index (κ2) is 13.5. The summed E-state index contributed by atoms with van der Waals surface area (Å²) in [6.45, 7) is 8.58. The van der Waals surface area contributed by atoms with Crippen molar-refractivity contribution in [1.29, 1.82) is 0 Å². The highest BCUT2D eigenvalue weighted by molar-refractivity contribution is 7.92. The van der Waals surface area contributed by atoms with Gasteiger partial charge in [0.15, 0.2) is 0 Å². The Morgan fingerprint density at radius 3 is 2.20 bits per heavy atom. The largest absolute Gasteiger partial charge is 0.352 e. The number of hydrogen-bond donors (Lipinski definition) is 1. The number of hydrogen-bond acceptors (Lipinski definition) is 4. The van der Waals surface area contributed by atoms with E-state index >= 15 is 0 Å². The summed E-state index contributed by atoms with van der Waals surface area (Å²) in [4.78, 5) is 28.6. The molecular weight excluding hydrogens is 569 g/mol. The van der Waals surface area contributed by atoms with E-state index < -0.39 is 28.5 Å². The molecule has 2 atom stereocenters. The van der Waals surface area contributed by atoms with Crippen LogP contribution in [0.5, 0.6) is 0 Å². The van der Waals surface area contributed by atoms with Crippen LogP contribution in [0.1, 0.15) is 43.9 Å². The van der Waals surface area contributed by atoms with E-state index in [0.717, 1.165) is 16.3 Å². The third-order valence-corrected chi connectivity index (χ3v) is 8.98. The Kier molecular flexibility index (Phi) is 10.6. The molecule has 0 aliphatic carbocycles. The van der Waals surface area contributed by atoms with E-state index in [4.69, 9.17) is 23.2 Å². The average molecular weight is 605 g/mol. The monoisotopic (exact) mass is 603 g/mol. The van der Waals surface area contributed by atoms with E-state index in [2.05, 4.69) is 5.32 Å². The summed E-state index contributed by atoms with van der Waals surface area (Å²) in [6.07, 6.45) is 0.720. The van der Waals surface area contributed by atoms with Crippen LogP contribution >= 0.6 is 23.2 Å². The van der Waals surface area contributed by atoms with Crippen molar-refractivity contribution in [1.82, 2.24) is 10.2 Å². The molecule has 0 unspecified atom stereocenters. The van der Waals surface area contributed by atoms with Gasteiger partial charge in [0.2, 0.25) is 11.8 Å². The number of carbonyl (C=O) groups is 2. The van der Waals surface area contributed by atoms with Crippen LogP contribution in [0.25, 0.3) is 0 Å². The van der Waals surface area contributed by atoms with E-state index in [9.17, 15) is 18.0 Å². The van der Waals surface area contributed by atoms with Crippen molar-refractivity contribution in [3.05, 3.63) is 93.5 Å². The Labute approximate surface area is 247 Å². The predicted octanol–water partition coefficient (Wildman–Crippen LogP) is 6.14. The van der Waals surface area contributed by atoms with Crippen LogP contribution in [0, 0.1) is 13.8 Å². The second-order valence-electron chi connectivity index (χ2n) is 9.90. The van der Waals surface area contributed by atoms with Gasteiger partial charge in [0, 0.05) is 22.6 Å². The molecule has 2 amide bonds. The number of aryl methyl sites for hydroxylation is 2. The molecular formula is C30H35Cl2N3O4S. The molecule has 214 valence electrons. The van der Waals surface area contributed by atoms with Crippen LogP contribution in [0.15, 0.2) is 71.6 Å². The maximum atomic E-state index is 14.0. The van der Waals surface area contributed by atoms with E-state index in [1.807, 2.05) is 20.8 Å². The van der Waals surface area contributed by atoms with Gasteiger partial charge in [-0.15, -0.1) is 0 Å². The third kappa shape index (κ3) is 7.77. The number of nitrogens with one attached hydrogen (secondary N) is 1. The van der Waals surface area contributed by atoms with Crippen LogP contribution in [0.2, 0.25) is 10.0 Å². The number of benzene rings is 3. The lowest BCUT2D eigenvalue weighted by atomic mass is 10.1. The molecule has 0 fully saturated rings. The maximum absolute atomic E-state index is 14.0. The van der Waals surface area contributed by atoms with Crippen molar-refractivity contribution in [3.63, 3.8) is 0 Å². The summed E-state index contributed by atoms with van der Waals surface area (Å²) in [5.74, 6) is -0.890. The highest BCUT2D eigenvalue weighted by atomic mass is 35.5. The summed E-state index contributed by atoms with van der Waals surface area (Å²) in [7, 11) is -4.18. The fourth-order valence-corrected chi connectivity index (χ4v) is 5.93. The number of anilines is 1.